The summed E-state index contributed by atoms with van der Waals surface area (Å²) >= 11 is 0. The molecule has 28 heavy (non-hydrogen) atoms. The van der Waals surface area contributed by atoms with Crippen molar-refractivity contribution in [3.8, 4) is 11.5 Å². The van der Waals surface area contributed by atoms with Crippen molar-refractivity contribution in [3.05, 3.63) is 23.8 Å². The Kier molecular flexibility index (Phi) is 11.0. The van der Waals surface area contributed by atoms with E-state index in [1.807, 2.05) is 19.1 Å². The van der Waals surface area contributed by atoms with Gasteiger partial charge in [0.25, 0.3) is 0 Å². The highest BCUT2D eigenvalue weighted by Crippen LogP contribution is 2.41. The van der Waals surface area contributed by atoms with Crippen LogP contribution < -0.4 is 20.1 Å². The molecule has 0 saturated heterocycles. The quantitative estimate of drug-likeness (QED) is 0.270. The molecule has 1 aliphatic carbocycles. The molecule has 7 heteroatoms. The normalized spacial score (nSPS) is 16.8. The minimum atomic E-state index is -0.666. The van der Waals surface area contributed by atoms with Gasteiger partial charge < -0.3 is 25.2 Å². The zero-order valence-corrected chi connectivity index (χ0v) is 19.9. The number of nitrogens with one attached hydrogen (secondary N) is 2. The van der Waals surface area contributed by atoms with Crippen LogP contribution in [0.5, 0.6) is 11.5 Å². The van der Waals surface area contributed by atoms with E-state index in [9.17, 15) is 5.11 Å². The first-order chi connectivity index (χ1) is 13.1. The number of guanidine groups is 1. The van der Waals surface area contributed by atoms with Crippen molar-refractivity contribution in [2.24, 2.45) is 10.4 Å². The van der Waals surface area contributed by atoms with Crippen molar-refractivity contribution < 1.29 is 14.6 Å². The van der Waals surface area contributed by atoms with Crippen molar-refractivity contribution in [2.45, 2.75) is 52.1 Å². The van der Waals surface area contributed by atoms with Gasteiger partial charge >= 0.3 is 0 Å². The number of benzene rings is 1. The van der Waals surface area contributed by atoms with Crippen molar-refractivity contribution >= 4 is 29.9 Å². The van der Waals surface area contributed by atoms with Crippen molar-refractivity contribution in [3.63, 3.8) is 0 Å². The molecule has 1 atom stereocenters. The molecule has 3 N–H and O–H groups in total. The number of aliphatic hydroxyl groups excluding tert-OH is 1. The van der Waals surface area contributed by atoms with E-state index in [0.717, 1.165) is 24.6 Å². The zero-order chi connectivity index (χ0) is 19.7. The fourth-order valence-electron chi connectivity index (χ4n) is 3.71. The summed E-state index contributed by atoms with van der Waals surface area (Å²) in [5, 5.41) is 17.1. The average Bonchev–Trinajstić information content (AvgIpc) is 3.18. The van der Waals surface area contributed by atoms with Gasteiger partial charge in [-0.1, -0.05) is 25.8 Å². The van der Waals surface area contributed by atoms with Crippen LogP contribution in [0.3, 0.4) is 0 Å². The lowest BCUT2D eigenvalue weighted by atomic mass is 9.84. The van der Waals surface area contributed by atoms with E-state index in [2.05, 4.69) is 17.6 Å². The molecule has 1 unspecified atom stereocenters. The third kappa shape index (κ3) is 6.69. The number of nitrogens with zero attached hydrogens (tertiary/aromatic N) is 1. The topological polar surface area (TPSA) is 75.1 Å². The van der Waals surface area contributed by atoms with Crippen LogP contribution >= 0.6 is 24.0 Å². The van der Waals surface area contributed by atoms with E-state index in [0.29, 0.717) is 23.5 Å². The first kappa shape index (κ1) is 24.8. The van der Waals surface area contributed by atoms with Gasteiger partial charge in [-0.2, -0.15) is 0 Å². The van der Waals surface area contributed by atoms with Gasteiger partial charge in [0.2, 0.25) is 0 Å². The Morgan fingerprint density at radius 3 is 2.39 bits per heavy atom. The molecule has 1 fully saturated rings. The second-order valence-corrected chi connectivity index (χ2v) is 7.27. The van der Waals surface area contributed by atoms with Crippen LogP contribution in [0.2, 0.25) is 0 Å². The molecular weight excluding hydrogens is 469 g/mol. The van der Waals surface area contributed by atoms with Gasteiger partial charge in [0.1, 0.15) is 0 Å². The van der Waals surface area contributed by atoms with Gasteiger partial charge in [-0.05, 0) is 49.3 Å². The Hall–Kier alpha value is -1.22. The first-order valence-electron chi connectivity index (χ1n) is 9.99. The number of aliphatic hydroxyl groups is 1. The third-order valence-electron chi connectivity index (χ3n) is 5.59. The van der Waals surface area contributed by atoms with Crippen LogP contribution in [-0.2, 0) is 0 Å². The van der Waals surface area contributed by atoms with E-state index in [4.69, 9.17) is 14.5 Å². The molecule has 6 nitrogen and oxygen atoms in total. The van der Waals surface area contributed by atoms with E-state index in [1.165, 1.54) is 32.1 Å². The standard InChI is InChI=1S/C21H35N3O3.HI/c1-5-21(11-7-8-12-21)15-24-20(22-6-2)23-14-17(25)16-9-10-18(26-3)19(13-16)27-4;/h9-10,13,17,25H,5-8,11-12,14-15H2,1-4H3,(H2,22,23,24);1H. The monoisotopic (exact) mass is 505 g/mol. The zero-order valence-electron chi connectivity index (χ0n) is 17.6. The smallest absolute Gasteiger partial charge is 0.191 e. The van der Waals surface area contributed by atoms with Crippen molar-refractivity contribution in [1.82, 2.24) is 10.6 Å². The molecule has 0 radical (unpaired) electrons. The maximum atomic E-state index is 10.6. The summed E-state index contributed by atoms with van der Waals surface area (Å²) in [5.74, 6) is 2.02. The highest BCUT2D eigenvalue weighted by Gasteiger charge is 2.31. The summed E-state index contributed by atoms with van der Waals surface area (Å²) in [6.07, 6.45) is 5.66. The fourth-order valence-corrected chi connectivity index (χ4v) is 3.71. The molecule has 160 valence electrons. The highest BCUT2D eigenvalue weighted by molar-refractivity contribution is 14.0. The van der Waals surface area contributed by atoms with Gasteiger partial charge in [0.05, 0.1) is 20.3 Å². The summed E-state index contributed by atoms with van der Waals surface area (Å²) in [4.78, 5) is 4.80. The predicted molar refractivity (Wildman–Crippen MR) is 125 cm³/mol. The molecule has 2 rings (SSSR count). The lowest BCUT2D eigenvalue weighted by Crippen LogP contribution is -2.40. The van der Waals surface area contributed by atoms with E-state index >= 15 is 0 Å². The number of methoxy groups -OCH3 is 2. The average molecular weight is 505 g/mol. The minimum Gasteiger partial charge on any atom is -0.493 e. The molecule has 0 spiro atoms. The van der Waals surface area contributed by atoms with Crippen LogP contribution in [0, 0.1) is 5.41 Å². The molecule has 0 bridgehead atoms. The maximum Gasteiger partial charge on any atom is 0.191 e. The lowest BCUT2D eigenvalue weighted by Gasteiger charge is -2.26. The Morgan fingerprint density at radius 2 is 1.82 bits per heavy atom. The summed E-state index contributed by atoms with van der Waals surface area (Å²) in [7, 11) is 3.19. The molecule has 1 aliphatic rings. The number of ether oxygens (including phenoxy) is 2. The SMILES string of the molecule is CCNC(=NCC1(CC)CCCC1)NCC(O)c1ccc(OC)c(OC)c1.I. The molecule has 1 aromatic rings. The summed E-state index contributed by atoms with van der Waals surface area (Å²) in [5.41, 5.74) is 1.13. The molecule has 0 aliphatic heterocycles. The van der Waals surface area contributed by atoms with E-state index in [-0.39, 0.29) is 24.0 Å². The molecule has 1 aromatic carbocycles. The Labute approximate surface area is 186 Å². The summed E-state index contributed by atoms with van der Waals surface area (Å²) < 4.78 is 10.6. The number of aliphatic imine (C=N–C) groups is 1. The van der Waals surface area contributed by atoms with Gasteiger partial charge in [-0.15, -0.1) is 24.0 Å². The van der Waals surface area contributed by atoms with Gasteiger partial charge in [0.15, 0.2) is 17.5 Å². The predicted octanol–water partition coefficient (Wildman–Crippen LogP) is 3.88. The van der Waals surface area contributed by atoms with Crippen LogP contribution in [0.25, 0.3) is 0 Å². The van der Waals surface area contributed by atoms with E-state index < -0.39 is 6.10 Å². The number of hydrogen-bond acceptors (Lipinski definition) is 4. The van der Waals surface area contributed by atoms with Crippen LogP contribution in [0.1, 0.15) is 57.6 Å². The molecule has 1 saturated carbocycles. The molecule has 0 aromatic heterocycles. The Bertz CT molecular complexity index is 619. The second-order valence-electron chi connectivity index (χ2n) is 7.27. The van der Waals surface area contributed by atoms with E-state index in [1.54, 1.807) is 20.3 Å². The summed E-state index contributed by atoms with van der Waals surface area (Å²) in [6, 6.07) is 5.46. The highest BCUT2D eigenvalue weighted by atomic mass is 127. The fraction of sp³-hybridized carbons (Fsp3) is 0.667. The number of rotatable bonds is 9. The molecule has 0 heterocycles. The largest absolute Gasteiger partial charge is 0.493 e. The second kappa shape index (κ2) is 12.4. The third-order valence-corrected chi connectivity index (χ3v) is 5.59. The first-order valence-corrected chi connectivity index (χ1v) is 9.99. The van der Waals surface area contributed by atoms with Crippen LogP contribution in [0.15, 0.2) is 23.2 Å². The minimum absolute atomic E-state index is 0. The van der Waals surface area contributed by atoms with Crippen molar-refractivity contribution in [2.75, 3.05) is 33.9 Å². The van der Waals surface area contributed by atoms with Crippen LogP contribution in [0.4, 0.5) is 0 Å². The number of hydrogen-bond donors (Lipinski definition) is 3. The van der Waals surface area contributed by atoms with Crippen molar-refractivity contribution in [1.29, 1.82) is 0 Å². The molecule has 0 amide bonds. The molecular formula is C21H36IN3O3. The van der Waals surface area contributed by atoms with Gasteiger partial charge in [0, 0.05) is 19.6 Å². The number of halogens is 1. The van der Waals surface area contributed by atoms with Gasteiger partial charge in [-0.3, -0.25) is 4.99 Å². The summed E-state index contributed by atoms with van der Waals surface area (Å²) in [6.45, 7) is 6.32. The van der Waals surface area contributed by atoms with Crippen LogP contribution in [-0.4, -0.2) is 44.9 Å². The van der Waals surface area contributed by atoms with Gasteiger partial charge in [-0.25, -0.2) is 0 Å². The maximum absolute atomic E-state index is 10.6. The Balaban J connectivity index is 0.00000392. The lowest BCUT2D eigenvalue weighted by molar-refractivity contribution is 0.180. The Morgan fingerprint density at radius 1 is 1.14 bits per heavy atom.